The Labute approximate surface area is 244 Å². The highest BCUT2D eigenvalue weighted by molar-refractivity contribution is 6.58. The Morgan fingerprint density at radius 3 is 1.98 bits per heavy atom. The Bertz CT molecular complexity index is 1660. The van der Waals surface area contributed by atoms with E-state index in [2.05, 4.69) is 5.32 Å². The van der Waals surface area contributed by atoms with Gasteiger partial charge in [-0.25, -0.2) is 26.9 Å². The fraction of sp³-hybridized carbons (Fsp3) is 0.357. The van der Waals surface area contributed by atoms with Crippen molar-refractivity contribution in [3.8, 4) is 5.75 Å². The summed E-state index contributed by atoms with van der Waals surface area (Å²) < 4.78 is 72.3. The molecule has 220 valence electrons. The van der Waals surface area contributed by atoms with E-state index in [-0.39, 0.29) is 22.6 Å². The Hall–Kier alpha value is -3.51. The first kappa shape index (κ1) is 28.6. The predicted molar refractivity (Wildman–Crippen MR) is 137 cm³/mol. The molecule has 2 heterocycles. The first-order valence-corrected chi connectivity index (χ1v) is 13.5. The van der Waals surface area contributed by atoms with Crippen LogP contribution in [0.4, 0.5) is 27.6 Å². The predicted octanol–water partition coefficient (Wildman–Crippen LogP) is 4.56. The maximum Gasteiger partial charge on any atom is 0.258 e. The van der Waals surface area contributed by atoms with Gasteiger partial charge >= 0.3 is 0 Å². The number of halogens is 7. The molecule has 14 heteroatoms. The fourth-order valence-corrected chi connectivity index (χ4v) is 7.94. The van der Waals surface area contributed by atoms with E-state index in [1.165, 1.54) is 26.0 Å². The number of amides is 4. The molecule has 2 saturated heterocycles. The van der Waals surface area contributed by atoms with Crippen molar-refractivity contribution in [1.29, 1.82) is 0 Å². The van der Waals surface area contributed by atoms with Crippen LogP contribution in [0.3, 0.4) is 0 Å². The minimum atomic E-state index is -2.60. The average Bonchev–Trinajstić information content (AvgIpc) is 3.31. The van der Waals surface area contributed by atoms with E-state index in [4.69, 9.17) is 23.2 Å². The molecule has 0 radical (unpaired) electrons. The van der Waals surface area contributed by atoms with Crippen molar-refractivity contribution in [1.82, 2.24) is 5.32 Å². The number of nitrogens with one attached hydrogen (secondary N) is 1. The first-order valence-electron chi connectivity index (χ1n) is 12.7. The van der Waals surface area contributed by atoms with Gasteiger partial charge in [-0.1, -0.05) is 23.8 Å². The number of hydrogen-bond acceptors (Lipinski definition) is 5. The molecule has 3 fully saturated rings. The summed E-state index contributed by atoms with van der Waals surface area (Å²) in [6, 6.07) is 2.89. The number of fused-ring (bicyclic) bond motifs is 4. The molecule has 2 aromatic rings. The number of anilines is 1. The smallest absolute Gasteiger partial charge is 0.258 e. The summed E-state index contributed by atoms with van der Waals surface area (Å²) in [4.78, 5) is 48.1. The van der Waals surface area contributed by atoms with Crippen molar-refractivity contribution in [3.63, 3.8) is 0 Å². The third-order valence-electron chi connectivity index (χ3n) is 8.91. The van der Waals surface area contributed by atoms with Crippen LogP contribution in [0, 0.1) is 60.7 Å². The molecule has 1 saturated carbocycles. The SMILES string of the molecule is Cc1cc(C2C3=CCC4C(=O)NC(=O)C4C3CC3(Cl)C(=O)N(c4c(F)c(F)c(F)c(F)c4F)C(=O)C23Cl)cc(C)c1O. The molecule has 4 aliphatic rings. The molecule has 2 aromatic carbocycles. The second-order valence-corrected chi connectivity index (χ2v) is 12.3. The van der Waals surface area contributed by atoms with Crippen molar-refractivity contribution >= 4 is 52.5 Å². The summed E-state index contributed by atoms with van der Waals surface area (Å²) in [5.41, 5.74) is -0.635. The molecule has 2 N–H and O–H groups in total. The van der Waals surface area contributed by atoms with Crippen molar-refractivity contribution in [3.05, 3.63) is 69.6 Å². The van der Waals surface area contributed by atoms with Crippen LogP contribution in [-0.2, 0) is 19.2 Å². The third-order valence-corrected chi connectivity index (χ3v) is 10.3. The largest absolute Gasteiger partial charge is 0.507 e. The number of aromatic hydroxyl groups is 1. The number of carbonyl (C=O) groups excluding carboxylic acids is 4. The molecular formula is C28H19Cl2F5N2O5. The highest BCUT2D eigenvalue weighted by Crippen LogP contribution is 2.65. The Kier molecular flexibility index (Phi) is 6.13. The number of nitrogens with zero attached hydrogens (tertiary/aromatic N) is 1. The lowest BCUT2D eigenvalue weighted by Crippen LogP contribution is -2.60. The van der Waals surface area contributed by atoms with Crippen LogP contribution in [-0.4, -0.2) is 38.5 Å². The number of benzene rings is 2. The van der Waals surface area contributed by atoms with E-state index in [0.717, 1.165) is 0 Å². The normalized spacial score (nSPS) is 32.0. The highest BCUT2D eigenvalue weighted by atomic mass is 35.5. The quantitative estimate of drug-likeness (QED) is 0.127. The van der Waals surface area contributed by atoms with Gasteiger partial charge in [0.2, 0.25) is 17.6 Å². The second-order valence-electron chi connectivity index (χ2n) is 11.0. The van der Waals surface area contributed by atoms with E-state index >= 15 is 0 Å². The van der Waals surface area contributed by atoms with Crippen molar-refractivity contribution < 1.29 is 46.2 Å². The molecule has 42 heavy (non-hydrogen) atoms. The number of allylic oxidation sites excluding steroid dienone is 2. The summed E-state index contributed by atoms with van der Waals surface area (Å²) in [5.74, 6) is -20.8. The number of imide groups is 2. The maximum atomic E-state index is 15.0. The number of hydrogen-bond donors (Lipinski definition) is 2. The van der Waals surface area contributed by atoms with E-state index in [1.807, 2.05) is 0 Å². The summed E-state index contributed by atoms with van der Waals surface area (Å²) in [6.45, 7) is 3.08. The van der Waals surface area contributed by atoms with Gasteiger partial charge in [0.1, 0.15) is 11.4 Å². The van der Waals surface area contributed by atoms with Gasteiger partial charge in [0, 0.05) is 5.92 Å². The molecule has 6 unspecified atom stereocenters. The maximum absolute atomic E-state index is 15.0. The van der Waals surface area contributed by atoms with Crippen LogP contribution in [0.1, 0.15) is 35.4 Å². The molecule has 0 aromatic heterocycles. The number of alkyl halides is 2. The molecular weight excluding hydrogens is 610 g/mol. The number of phenolic OH excluding ortho intramolecular Hbond substituents is 1. The van der Waals surface area contributed by atoms with Crippen LogP contribution in [0.25, 0.3) is 0 Å². The zero-order valence-corrected chi connectivity index (χ0v) is 23.1. The van der Waals surface area contributed by atoms with Crippen LogP contribution < -0.4 is 10.2 Å². The van der Waals surface area contributed by atoms with Gasteiger partial charge in [-0.2, -0.15) is 0 Å². The van der Waals surface area contributed by atoms with Crippen LogP contribution in [0.2, 0.25) is 0 Å². The second kappa shape index (κ2) is 9.00. The molecule has 0 spiro atoms. The van der Waals surface area contributed by atoms with Crippen molar-refractivity contribution in [2.24, 2.45) is 17.8 Å². The topological polar surface area (TPSA) is 104 Å². The highest BCUT2D eigenvalue weighted by Gasteiger charge is 2.77. The minimum absolute atomic E-state index is 0.0480. The number of phenols is 1. The zero-order chi connectivity index (χ0) is 30.8. The molecule has 6 atom stereocenters. The molecule has 0 bridgehead atoms. The third kappa shape index (κ3) is 3.33. The van der Waals surface area contributed by atoms with E-state index in [9.17, 15) is 46.2 Å². The minimum Gasteiger partial charge on any atom is -0.507 e. The number of carbonyl (C=O) groups is 4. The van der Waals surface area contributed by atoms with Gasteiger partial charge < -0.3 is 5.11 Å². The zero-order valence-electron chi connectivity index (χ0n) is 21.6. The monoisotopic (exact) mass is 628 g/mol. The molecule has 2 aliphatic carbocycles. The standard InChI is InChI=1S/C28H19Cl2F5N2O5/c1-8-5-10(6-9(2)22(8)38)15-11-3-4-12-14(24(40)36-23(12)39)13(11)7-27(29)25(41)37(26(42)28(15,27)30)21-19(34)17(32)16(31)18(33)20(21)35/h3,5-6,12-15,38H,4,7H2,1-2H3,(H,36,39,40). The van der Waals surface area contributed by atoms with Crippen LogP contribution in [0.5, 0.6) is 5.75 Å². The summed E-state index contributed by atoms with van der Waals surface area (Å²) in [6.07, 6.45) is 1.06. The van der Waals surface area contributed by atoms with Crippen LogP contribution >= 0.6 is 23.2 Å². The summed E-state index contributed by atoms with van der Waals surface area (Å²) in [5, 5.41) is 12.6. The summed E-state index contributed by atoms with van der Waals surface area (Å²) >= 11 is 14.0. The van der Waals surface area contributed by atoms with Gasteiger partial charge in [0.25, 0.3) is 11.8 Å². The average molecular weight is 629 g/mol. The van der Waals surface area contributed by atoms with Gasteiger partial charge in [-0.3, -0.25) is 24.5 Å². The van der Waals surface area contributed by atoms with Gasteiger partial charge in [0.05, 0.1) is 11.8 Å². The van der Waals surface area contributed by atoms with E-state index in [1.54, 1.807) is 6.08 Å². The molecule has 7 nitrogen and oxygen atoms in total. The Balaban J connectivity index is 1.63. The molecule has 4 amide bonds. The summed E-state index contributed by atoms with van der Waals surface area (Å²) in [7, 11) is 0. The van der Waals surface area contributed by atoms with Crippen LogP contribution in [0.15, 0.2) is 23.8 Å². The van der Waals surface area contributed by atoms with Crippen molar-refractivity contribution in [2.75, 3.05) is 4.90 Å². The molecule has 2 aliphatic heterocycles. The Morgan fingerprint density at radius 1 is 0.857 bits per heavy atom. The lowest BCUT2D eigenvalue weighted by molar-refractivity contribution is -0.127. The lowest BCUT2D eigenvalue weighted by Gasteiger charge is -2.50. The van der Waals surface area contributed by atoms with Gasteiger partial charge in [-0.05, 0) is 49.3 Å². The van der Waals surface area contributed by atoms with Gasteiger partial charge in [0.15, 0.2) is 33.0 Å². The van der Waals surface area contributed by atoms with Crippen molar-refractivity contribution in [2.45, 2.75) is 42.4 Å². The first-order chi connectivity index (χ1) is 19.6. The van der Waals surface area contributed by atoms with Gasteiger partial charge in [-0.15, -0.1) is 23.2 Å². The van der Waals surface area contributed by atoms with E-state index < -0.39 is 98.2 Å². The fourth-order valence-electron chi connectivity index (χ4n) is 7.01. The number of rotatable bonds is 2. The number of aryl methyl sites for hydroxylation is 2. The Morgan fingerprint density at radius 2 is 1.40 bits per heavy atom. The lowest BCUT2D eigenvalue weighted by atomic mass is 9.56. The van der Waals surface area contributed by atoms with E-state index in [0.29, 0.717) is 16.7 Å². The molecule has 6 rings (SSSR count).